The van der Waals surface area contributed by atoms with Crippen LogP contribution in [0.3, 0.4) is 0 Å². The van der Waals surface area contributed by atoms with Crippen molar-refractivity contribution in [1.82, 2.24) is 10.6 Å². The first-order valence-corrected chi connectivity index (χ1v) is 6.78. The molecule has 1 fully saturated rings. The van der Waals surface area contributed by atoms with Gasteiger partial charge in [-0.25, -0.2) is 0 Å². The molecule has 1 aromatic rings. The Hall–Kier alpha value is -0.770. The zero-order valence-corrected chi connectivity index (χ0v) is 12.0. The van der Waals surface area contributed by atoms with Crippen molar-refractivity contribution in [3.8, 4) is 5.75 Å². The van der Waals surface area contributed by atoms with E-state index in [0.29, 0.717) is 6.04 Å². The average Bonchev–Trinajstić information content (AvgIpc) is 2.87. The molecule has 100 valence electrons. The van der Waals surface area contributed by atoms with E-state index in [0.717, 1.165) is 41.5 Å². The number of ether oxygens (including phenoxy) is 1. The maximum absolute atomic E-state index is 6.31. The Morgan fingerprint density at radius 1 is 1.50 bits per heavy atom. The van der Waals surface area contributed by atoms with Crippen LogP contribution in [0.1, 0.15) is 23.1 Å². The van der Waals surface area contributed by atoms with Crippen molar-refractivity contribution in [1.29, 1.82) is 0 Å². The Morgan fingerprint density at radius 3 is 2.89 bits per heavy atom. The number of nitrogens with one attached hydrogen (secondary N) is 2. The first kappa shape index (κ1) is 13.7. The minimum atomic E-state index is 0.550. The molecule has 0 bridgehead atoms. The van der Waals surface area contributed by atoms with Gasteiger partial charge >= 0.3 is 0 Å². The van der Waals surface area contributed by atoms with E-state index in [2.05, 4.69) is 17.6 Å². The molecule has 1 aromatic carbocycles. The van der Waals surface area contributed by atoms with E-state index >= 15 is 0 Å². The lowest BCUT2D eigenvalue weighted by Crippen LogP contribution is -2.30. The molecular weight excluding hydrogens is 248 g/mol. The highest BCUT2D eigenvalue weighted by Gasteiger charge is 2.17. The highest BCUT2D eigenvalue weighted by atomic mass is 35.5. The molecule has 1 atom stereocenters. The van der Waals surface area contributed by atoms with Gasteiger partial charge in [-0.1, -0.05) is 11.6 Å². The molecule has 0 amide bonds. The second-order valence-electron chi connectivity index (χ2n) is 4.88. The third-order valence-electron chi connectivity index (χ3n) is 3.62. The molecule has 0 spiro atoms. The maximum Gasteiger partial charge on any atom is 0.123 e. The second-order valence-corrected chi connectivity index (χ2v) is 5.26. The fourth-order valence-electron chi connectivity index (χ4n) is 2.44. The van der Waals surface area contributed by atoms with Gasteiger partial charge in [-0.05, 0) is 44.0 Å². The van der Waals surface area contributed by atoms with Crippen LogP contribution in [0.25, 0.3) is 0 Å². The predicted molar refractivity (Wildman–Crippen MR) is 75.6 cm³/mol. The van der Waals surface area contributed by atoms with Crippen LogP contribution in [-0.4, -0.2) is 26.2 Å². The van der Waals surface area contributed by atoms with E-state index in [-0.39, 0.29) is 0 Å². The zero-order valence-electron chi connectivity index (χ0n) is 11.3. The van der Waals surface area contributed by atoms with Crippen molar-refractivity contribution in [2.45, 2.75) is 32.9 Å². The van der Waals surface area contributed by atoms with Crippen LogP contribution in [0.5, 0.6) is 5.75 Å². The van der Waals surface area contributed by atoms with Crippen LogP contribution in [0.2, 0.25) is 5.02 Å². The SMILES string of the molecule is COc1cc(C)c(Cl)c(C)c1CNC1CCNC1. The Morgan fingerprint density at radius 2 is 2.28 bits per heavy atom. The fourth-order valence-corrected chi connectivity index (χ4v) is 2.61. The summed E-state index contributed by atoms with van der Waals surface area (Å²) in [7, 11) is 1.71. The van der Waals surface area contributed by atoms with E-state index < -0.39 is 0 Å². The van der Waals surface area contributed by atoms with E-state index in [4.69, 9.17) is 16.3 Å². The fraction of sp³-hybridized carbons (Fsp3) is 0.571. The van der Waals surface area contributed by atoms with E-state index in [1.54, 1.807) is 7.11 Å². The molecule has 0 saturated carbocycles. The summed E-state index contributed by atoms with van der Waals surface area (Å²) < 4.78 is 5.46. The molecule has 1 aliphatic heterocycles. The second kappa shape index (κ2) is 5.91. The summed E-state index contributed by atoms with van der Waals surface area (Å²) in [5.41, 5.74) is 3.35. The molecule has 3 nitrogen and oxygen atoms in total. The Bertz CT molecular complexity index is 428. The molecule has 2 N–H and O–H groups in total. The zero-order chi connectivity index (χ0) is 13.1. The predicted octanol–water partition coefficient (Wildman–Crippen LogP) is 2.42. The lowest BCUT2D eigenvalue weighted by atomic mass is 10.0. The van der Waals surface area contributed by atoms with Crippen LogP contribution >= 0.6 is 11.6 Å². The van der Waals surface area contributed by atoms with Crippen LogP contribution in [-0.2, 0) is 6.54 Å². The van der Waals surface area contributed by atoms with Crippen LogP contribution < -0.4 is 15.4 Å². The van der Waals surface area contributed by atoms with Gasteiger partial charge in [-0.3, -0.25) is 0 Å². The molecular formula is C14H21ClN2O. The minimum Gasteiger partial charge on any atom is -0.496 e. The third kappa shape index (κ3) is 2.79. The van der Waals surface area contributed by atoms with Crippen molar-refractivity contribution < 1.29 is 4.74 Å². The number of hydrogen-bond donors (Lipinski definition) is 2. The lowest BCUT2D eigenvalue weighted by Gasteiger charge is -2.18. The summed E-state index contributed by atoms with van der Waals surface area (Å²) in [6.07, 6.45) is 1.18. The normalized spacial score (nSPS) is 19.2. The van der Waals surface area contributed by atoms with Crippen molar-refractivity contribution in [3.63, 3.8) is 0 Å². The van der Waals surface area contributed by atoms with Crippen LogP contribution in [0.4, 0.5) is 0 Å². The largest absolute Gasteiger partial charge is 0.496 e. The summed E-state index contributed by atoms with van der Waals surface area (Å²) in [6.45, 7) is 7.02. The van der Waals surface area contributed by atoms with Gasteiger partial charge in [0.25, 0.3) is 0 Å². The Kier molecular flexibility index (Phi) is 4.49. The highest BCUT2D eigenvalue weighted by Crippen LogP contribution is 2.31. The van der Waals surface area contributed by atoms with E-state index in [9.17, 15) is 0 Å². The number of benzene rings is 1. The van der Waals surface area contributed by atoms with E-state index in [1.165, 1.54) is 12.0 Å². The monoisotopic (exact) mass is 268 g/mol. The first-order valence-electron chi connectivity index (χ1n) is 6.40. The molecule has 2 rings (SSSR count). The van der Waals surface area contributed by atoms with Crippen molar-refractivity contribution in [2.75, 3.05) is 20.2 Å². The quantitative estimate of drug-likeness (QED) is 0.880. The maximum atomic E-state index is 6.31. The van der Waals surface area contributed by atoms with Crippen molar-refractivity contribution in [2.24, 2.45) is 0 Å². The number of halogens is 1. The average molecular weight is 269 g/mol. The third-order valence-corrected chi connectivity index (χ3v) is 4.20. The van der Waals surface area contributed by atoms with Gasteiger partial charge in [-0.15, -0.1) is 0 Å². The number of hydrogen-bond acceptors (Lipinski definition) is 3. The van der Waals surface area contributed by atoms with Gasteiger partial charge in [0, 0.05) is 29.7 Å². The van der Waals surface area contributed by atoms with Crippen molar-refractivity contribution in [3.05, 3.63) is 27.8 Å². The molecule has 18 heavy (non-hydrogen) atoms. The molecule has 1 aliphatic rings. The van der Waals surface area contributed by atoms with Crippen LogP contribution in [0, 0.1) is 13.8 Å². The summed E-state index contributed by atoms with van der Waals surface area (Å²) in [5, 5.41) is 7.76. The molecule has 1 unspecified atom stereocenters. The molecule has 0 aromatic heterocycles. The summed E-state index contributed by atoms with van der Waals surface area (Å²) >= 11 is 6.31. The van der Waals surface area contributed by atoms with Gasteiger partial charge in [0.1, 0.15) is 5.75 Å². The summed E-state index contributed by atoms with van der Waals surface area (Å²) in [6, 6.07) is 2.56. The van der Waals surface area contributed by atoms with Gasteiger partial charge in [0.05, 0.1) is 7.11 Å². The molecule has 0 radical (unpaired) electrons. The lowest BCUT2D eigenvalue weighted by molar-refractivity contribution is 0.404. The molecule has 0 aliphatic carbocycles. The smallest absolute Gasteiger partial charge is 0.123 e. The molecule has 1 heterocycles. The van der Waals surface area contributed by atoms with Gasteiger partial charge in [0.2, 0.25) is 0 Å². The van der Waals surface area contributed by atoms with Gasteiger partial charge < -0.3 is 15.4 Å². The Labute approximate surface area is 114 Å². The minimum absolute atomic E-state index is 0.550. The summed E-state index contributed by atoms with van der Waals surface area (Å²) in [5.74, 6) is 0.924. The van der Waals surface area contributed by atoms with Gasteiger partial charge in [-0.2, -0.15) is 0 Å². The van der Waals surface area contributed by atoms with E-state index in [1.807, 2.05) is 13.0 Å². The number of aryl methyl sites for hydroxylation is 1. The topological polar surface area (TPSA) is 33.3 Å². The van der Waals surface area contributed by atoms with Crippen LogP contribution in [0.15, 0.2) is 6.07 Å². The highest BCUT2D eigenvalue weighted by molar-refractivity contribution is 6.32. The summed E-state index contributed by atoms with van der Waals surface area (Å²) in [4.78, 5) is 0. The molecule has 4 heteroatoms. The van der Waals surface area contributed by atoms with Crippen molar-refractivity contribution >= 4 is 11.6 Å². The number of rotatable bonds is 4. The molecule has 1 saturated heterocycles. The Balaban J connectivity index is 2.17. The standard InChI is InChI=1S/C14H21ClN2O/c1-9-6-13(18-3)12(10(2)14(9)15)8-17-11-4-5-16-7-11/h6,11,16-17H,4-5,7-8H2,1-3H3. The number of methoxy groups -OCH3 is 1. The van der Waals surface area contributed by atoms with Gasteiger partial charge in [0.15, 0.2) is 0 Å². The first-order chi connectivity index (χ1) is 8.63.